The first-order chi connectivity index (χ1) is 5.97. The molecule has 0 aliphatic carbocycles. The molecular weight excluding hydrogens is 166 g/mol. The van der Waals surface area contributed by atoms with Gasteiger partial charge >= 0.3 is 0 Å². The van der Waals surface area contributed by atoms with Gasteiger partial charge in [-0.1, -0.05) is 12.8 Å². The summed E-state index contributed by atoms with van der Waals surface area (Å²) in [5, 5.41) is 5.62. The highest BCUT2D eigenvalue weighted by Gasteiger charge is 2.25. The molecule has 2 heteroatoms. The molecule has 0 aromatic rings. The summed E-state index contributed by atoms with van der Waals surface area (Å²) in [6, 6.07) is 0.726. The van der Waals surface area contributed by atoms with Crippen LogP contribution in [0.2, 0.25) is 0 Å². The highest BCUT2D eigenvalue weighted by atomic mass is 32.2. The normalized spacial score (nSPS) is 38.0. The van der Waals surface area contributed by atoms with E-state index in [9.17, 15) is 0 Å². The van der Waals surface area contributed by atoms with Crippen molar-refractivity contribution in [3.8, 4) is 0 Å². The zero-order valence-electron chi connectivity index (χ0n) is 7.67. The van der Waals surface area contributed by atoms with E-state index in [4.69, 9.17) is 5.32 Å². The van der Waals surface area contributed by atoms with E-state index in [1.165, 1.54) is 44.3 Å². The van der Waals surface area contributed by atoms with Crippen molar-refractivity contribution in [3.05, 3.63) is 0 Å². The van der Waals surface area contributed by atoms with Crippen molar-refractivity contribution in [2.75, 3.05) is 12.3 Å². The minimum atomic E-state index is 0.726. The van der Waals surface area contributed by atoms with Crippen LogP contribution in [0.25, 0.3) is 0 Å². The predicted molar refractivity (Wildman–Crippen MR) is 54.7 cm³/mol. The summed E-state index contributed by atoms with van der Waals surface area (Å²) >= 11 is 2.18. The number of hydrogen-bond acceptors (Lipinski definition) is 1. The first-order valence-corrected chi connectivity index (χ1v) is 6.30. The van der Waals surface area contributed by atoms with Crippen molar-refractivity contribution in [3.63, 3.8) is 0 Å². The molecule has 2 aliphatic heterocycles. The minimum Gasteiger partial charge on any atom is -0.237 e. The fourth-order valence-electron chi connectivity index (χ4n) is 2.19. The standard InChI is InChI=1S/C10H18NS/c1-3-7-11-9(5-1)10-6-2-4-8-12-10/h9-10H,1-8H2. The van der Waals surface area contributed by atoms with E-state index in [-0.39, 0.29) is 0 Å². The summed E-state index contributed by atoms with van der Waals surface area (Å²) in [6.45, 7) is 1.14. The smallest absolute Gasteiger partial charge is 0.0364 e. The summed E-state index contributed by atoms with van der Waals surface area (Å²) in [6.07, 6.45) is 8.45. The van der Waals surface area contributed by atoms with Crippen LogP contribution in [0.4, 0.5) is 0 Å². The molecular formula is C10H18NS. The van der Waals surface area contributed by atoms with Gasteiger partial charge in [0.2, 0.25) is 0 Å². The van der Waals surface area contributed by atoms with Gasteiger partial charge in [0, 0.05) is 17.8 Å². The average molecular weight is 184 g/mol. The molecule has 2 saturated heterocycles. The Morgan fingerprint density at radius 3 is 2.58 bits per heavy atom. The number of piperidine rings is 1. The van der Waals surface area contributed by atoms with Gasteiger partial charge in [-0.2, -0.15) is 11.8 Å². The molecule has 0 aromatic heterocycles. The van der Waals surface area contributed by atoms with E-state index in [1.54, 1.807) is 0 Å². The van der Waals surface area contributed by atoms with Crippen LogP contribution in [0.5, 0.6) is 0 Å². The molecule has 2 heterocycles. The second kappa shape index (κ2) is 4.52. The van der Waals surface area contributed by atoms with Crippen LogP contribution in [0.1, 0.15) is 38.5 Å². The Morgan fingerprint density at radius 1 is 1.00 bits per heavy atom. The molecule has 2 fully saturated rings. The number of rotatable bonds is 1. The molecule has 12 heavy (non-hydrogen) atoms. The van der Waals surface area contributed by atoms with Gasteiger partial charge in [-0.3, -0.25) is 0 Å². The molecule has 0 aromatic carbocycles. The maximum absolute atomic E-state index is 4.73. The lowest BCUT2D eigenvalue weighted by Crippen LogP contribution is -2.37. The SMILES string of the molecule is C1CCC(C2CCCCS2)[N]C1. The first kappa shape index (κ1) is 8.89. The van der Waals surface area contributed by atoms with Gasteiger partial charge in [-0.05, 0) is 31.4 Å². The van der Waals surface area contributed by atoms with Gasteiger partial charge in [0.05, 0.1) is 0 Å². The summed E-state index contributed by atoms with van der Waals surface area (Å²) in [7, 11) is 0. The number of nitrogens with zero attached hydrogens (tertiary/aromatic N) is 1. The summed E-state index contributed by atoms with van der Waals surface area (Å²) in [4.78, 5) is 0. The van der Waals surface area contributed by atoms with Gasteiger partial charge < -0.3 is 0 Å². The highest BCUT2D eigenvalue weighted by Crippen LogP contribution is 2.30. The zero-order valence-corrected chi connectivity index (χ0v) is 8.48. The largest absolute Gasteiger partial charge is 0.237 e. The van der Waals surface area contributed by atoms with Crippen molar-refractivity contribution in [1.82, 2.24) is 5.32 Å². The van der Waals surface area contributed by atoms with Crippen LogP contribution < -0.4 is 5.32 Å². The molecule has 2 atom stereocenters. The first-order valence-electron chi connectivity index (χ1n) is 5.25. The van der Waals surface area contributed by atoms with Crippen LogP contribution in [-0.4, -0.2) is 23.6 Å². The van der Waals surface area contributed by atoms with E-state index in [2.05, 4.69) is 11.8 Å². The molecule has 2 unspecified atom stereocenters. The Hall–Kier alpha value is 0.310. The quantitative estimate of drug-likeness (QED) is 0.610. The van der Waals surface area contributed by atoms with Crippen molar-refractivity contribution in [2.24, 2.45) is 0 Å². The summed E-state index contributed by atoms with van der Waals surface area (Å²) in [5.41, 5.74) is 0. The molecule has 2 rings (SSSR count). The van der Waals surface area contributed by atoms with Crippen LogP contribution in [0.15, 0.2) is 0 Å². The lowest BCUT2D eigenvalue weighted by molar-refractivity contribution is 0.369. The lowest BCUT2D eigenvalue weighted by atomic mass is 9.98. The Morgan fingerprint density at radius 2 is 1.92 bits per heavy atom. The monoisotopic (exact) mass is 184 g/mol. The van der Waals surface area contributed by atoms with E-state index >= 15 is 0 Å². The summed E-state index contributed by atoms with van der Waals surface area (Å²) < 4.78 is 0. The molecule has 0 N–H and O–H groups in total. The Bertz CT molecular complexity index is 110. The molecule has 2 aliphatic rings. The number of hydrogen-bond donors (Lipinski definition) is 0. The topological polar surface area (TPSA) is 14.1 Å². The minimum absolute atomic E-state index is 0.726. The van der Waals surface area contributed by atoms with Gasteiger partial charge in [-0.25, -0.2) is 5.32 Å². The average Bonchev–Trinajstić information content (AvgIpc) is 2.21. The molecule has 0 spiro atoms. The lowest BCUT2D eigenvalue weighted by Gasteiger charge is -2.31. The number of thioether (sulfide) groups is 1. The molecule has 0 amide bonds. The van der Waals surface area contributed by atoms with Crippen molar-refractivity contribution in [2.45, 2.75) is 49.8 Å². The van der Waals surface area contributed by atoms with Crippen molar-refractivity contribution < 1.29 is 0 Å². The van der Waals surface area contributed by atoms with Crippen LogP contribution in [0, 0.1) is 0 Å². The van der Waals surface area contributed by atoms with Gasteiger partial charge in [-0.15, -0.1) is 0 Å². The zero-order chi connectivity index (χ0) is 8.23. The Labute approximate surface area is 79.7 Å². The van der Waals surface area contributed by atoms with E-state index < -0.39 is 0 Å². The Kier molecular flexibility index (Phi) is 3.35. The molecule has 0 saturated carbocycles. The third kappa shape index (κ3) is 2.17. The van der Waals surface area contributed by atoms with Gasteiger partial charge in [0.25, 0.3) is 0 Å². The van der Waals surface area contributed by atoms with Crippen LogP contribution in [-0.2, 0) is 0 Å². The molecule has 1 nitrogen and oxygen atoms in total. The fourth-order valence-corrected chi connectivity index (χ4v) is 3.64. The summed E-state index contributed by atoms with van der Waals surface area (Å²) in [5.74, 6) is 1.39. The van der Waals surface area contributed by atoms with Gasteiger partial charge in [0.15, 0.2) is 0 Å². The second-order valence-corrected chi connectivity index (χ2v) is 5.22. The third-order valence-corrected chi connectivity index (χ3v) is 4.42. The maximum atomic E-state index is 4.73. The molecule has 69 valence electrons. The van der Waals surface area contributed by atoms with Crippen LogP contribution >= 0.6 is 11.8 Å². The van der Waals surface area contributed by atoms with Gasteiger partial charge in [0.1, 0.15) is 0 Å². The van der Waals surface area contributed by atoms with E-state index in [0.29, 0.717) is 0 Å². The third-order valence-electron chi connectivity index (χ3n) is 2.92. The second-order valence-electron chi connectivity index (χ2n) is 3.87. The molecule has 1 radical (unpaired) electrons. The fraction of sp³-hybridized carbons (Fsp3) is 1.00. The predicted octanol–water partition coefficient (Wildman–Crippen LogP) is 2.43. The van der Waals surface area contributed by atoms with E-state index in [1.807, 2.05) is 0 Å². The van der Waals surface area contributed by atoms with Crippen molar-refractivity contribution >= 4 is 11.8 Å². The van der Waals surface area contributed by atoms with Crippen molar-refractivity contribution in [1.29, 1.82) is 0 Å². The van der Waals surface area contributed by atoms with Crippen LogP contribution in [0.3, 0.4) is 0 Å². The molecule has 0 bridgehead atoms. The highest BCUT2D eigenvalue weighted by molar-refractivity contribution is 8.00. The Balaban J connectivity index is 1.80. The maximum Gasteiger partial charge on any atom is 0.0364 e. The van der Waals surface area contributed by atoms with E-state index in [0.717, 1.165) is 17.8 Å².